The second kappa shape index (κ2) is 9.22. The number of benzene rings is 1. The van der Waals surface area contributed by atoms with E-state index >= 15 is 0 Å². The molecule has 136 valence electrons. The number of ether oxygens (including phenoxy) is 3. The normalized spacial score (nSPS) is 14.5. The Bertz CT molecular complexity index is 604. The molecule has 0 radical (unpaired) electrons. The van der Waals surface area contributed by atoms with Gasteiger partial charge in [-0.15, -0.1) is 6.42 Å². The van der Waals surface area contributed by atoms with Gasteiger partial charge in [-0.05, 0) is 30.5 Å². The average molecular weight is 345 g/mol. The highest BCUT2D eigenvalue weighted by atomic mass is 16.5. The minimum absolute atomic E-state index is 0.0409. The lowest BCUT2D eigenvalue weighted by Crippen LogP contribution is -2.42. The Kier molecular flexibility index (Phi) is 7.00. The van der Waals surface area contributed by atoms with E-state index < -0.39 is 0 Å². The fourth-order valence-electron chi connectivity index (χ4n) is 3.43. The smallest absolute Gasteiger partial charge is 0.228 e. The Morgan fingerprint density at radius 1 is 1.12 bits per heavy atom. The first-order chi connectivity index (χ1) is 12.1. The minimum Gasteiger partial charge on any atom is -0.493 e. The topological polar surface area (TPSA) is 48.0 Å². The fourth-order valence-corrected chi connectivity index (χ4v) is 3.43. The van der Waals surface area contributed by atoms with Gasteiger partial charge in [0.25, 0.3) is 0 Å². The summed E-state index contributed by atoms with van der Waals surface area (Å²) < 4.78 is 16.1. The molecular weight excluding hydrogens is 318 g/mol. The molecule has 25 heavy (non-hydrogen) atoms. The lowest BCUT2D eigenvalue weighted by Gasteiger charge is -2.33. The quantitative estimate of drug-likeness (QED) is 0.713. The SMILES string of the molecule is C#CCN(C(=O)Cc1cc(OC)c(OC)c(OC)c1)C1CCCCC1. The number of rotatable bonds is 7. The van der Waals surface area contributed by atoms with E-state index in [0.29, 0.717) is 23.8 Å². The summed E-state index contributed by atoms with van der Waals surface area (Å²) in [5, 5.41) is 0. The van der Waals surface area contributed by atoms with Crippen LogP contribution in [0.1, 0.15) is 37.7 Å². The number of nitrogens with zero attached hydrogens (tertiary/aromatic N) is 1. The molecule has 2 rings (SSSR count). The van der Waals surface area contributed by atoms with Crippen molar-refractivity contribution < 1.29 is 19.0 Å². The van der Waals surface area contributed by atoms with Gasteiger partial charge in [0.15, 0.2) is 11.5 Å². The lowest BCUT2D eigenvalue weighted by molar-refractivity contribution is -0.132. The van der Waals surface area contributed by atoms with E-state index in [-0.39, 0.29) is 18.4 Å². The van der Waals surface area contributed by atoms with E-state index in [0.717, 1.165) is 31.2 Å². The summed E-state index contributed by atoms with van der Waals surface area (Å²) in [5.41, 5.74) is 0.817. The van der Waals surface area contributed by atoms with Crippen molar-refractivity contribution in [1.82, 2.24) is 4.90 Å². The molecule has 1 saturated carbocycles. The van der Waals surface area contributed by atoms with Gasteiger partial charge in [0, 0.05) is 6.04 Å². The van der Waals surface area contributed by atoms with E-state index in [1.807, 2.05) is 17.0 Å². The van der Waals surface area contributed by atoms with Crippen LogP contribution >= 0.6 is 0 Å². The molecule has 1 aliphatic carbocycles. The average Bonchev–Trinajstić information content (AvgIpc) is 2.65. The molecule has 0 saturated heterocycles. The number of terminal acetylenes is 1. The van der Waals surface area contributed by atoms with Crippen molar-refractivity contribution in [3.63, 3.8) is 0 Å². The number of carbonyl (C=O) groups is 1. The Hall–Kier alpha value is -2.35. The van der Waals surface area contributed by atoms with Gasteiger partial charge in [-0.2, -0.15) is 0 Å². The zero-order valence-electron chi connectivity index (χ0n) is 15.3. The van der Waals surface area contributed by atoms with Gasteiger partial charge in [0.1, 0.15) is 0 Å². The minimum atomic E-state index is 0.0409. The van der Waals surface area contributed by atoms with E-state index in [1.165, 1.54) is 6.42 Å². The molecule has 0 atom stereocenters. The highest BCUT2D eigenvalue weighted by Crippen LogP contribution is 2.38. The number of carbonyl (C=O) groups excluding carboxylic acids is 1. The molecule has 0 aromatic heterocycles. The number of amides is 1. The summed E-state index contributed by atoms with van der Waals surface area (Å²) in [4.78, 5) is 14.7. The van der Waals surface area contributed by atoms with Gasteiger partial charge < -0.3 is 19.1 Å². The first-order valence-corrected chi connectivity index (χ1v) is 8.66. The van der Waals surface area contributed by atoms with Crippen LogP contribution in [0.25, 0.3) is 0 Å². The second-order valence-corrected chi connectivity index (χ2v) is 6.23. The van der Waals surface area contributed by atoms with Crippen LogP contribution in [-0.2, 0) is 11.2 Å². The highest BCUT2D eigenvalue weighted by Gasteiger charge is 2.25. The van der Waals surface area contributed by atoms with Gasteiger partial charge in [-0.25, -0.2) is 0 Å². The zero-order valence-corrected chi connectivity index (χ0v) is 15.3. The molecule has 0 bridgehead atoms. The van der Waals surface area contributed by atoms with Crippen molar-refractivity contribution in [3.8, 4) is 29.6 Å². The van der Waals surface area contributed by atoms with Crippen LogP contribution in [-0.4, -0.2) is 44.7 Å². The molecule has 1 amide bonds. The standard InChI is InChI=1S/C20H27NO4/c1-5-11-21(16-9-7-6-8-10-16)19(22)14-15-12-17(23-2)20(25-4)18(13-15)24-3/h1,12-13,16H,6-11,14H2,2-4H3. The largest absolute Gasteiger partial charge is 0.493 e. The summed E-state index contributed by atoms with van der Waals surface area (Å²) in [6.07, 6.45) is 11.4. The third kappa shape index (κ3) is 4.60. The molecule has 0 aliphatic heterocycles. The van der Waals surface area contributed by atoms with E-state index in [9.17, 15) is 4.79 Å². The predicted octanol–water partition coefficient (Wildman–Crippen LogP) is 3.05. The van der Waals surface area contributed by atoms with Gasteiger partial charge in [-0.3, -0.25) is 4.79 Å². The maximum absolute atomic E-state index is 12.9. The molecule has 0 spiro atoms. The number of hydrogen-bond acceptors (Lipinski definition) is 4. The third-order valence-electron chi connectivity index (χ3n) is 4.68. The second-order valence-electron chi connectivity index (χ2n) is 6.23. The highest BCUT2D eigenvalue weighted by molar-refractivity contribution is 5.80. The zero-order chi connectivity index (χ0) is 18.2. The summed E-state index contributed by atoms with van der Waals surface area (Å²) >= 11 is 0. The van der Waals surface area contributed by atoms with E-state index in [4.69, 9.17) is 20.6 Å². The molecular formula is C20H27NO4. The van der Waals surface area contributed by atoms with Crippen LogP contribution in [0.15, 0.2) is 12.1 Å². The van der Waals surface area contributed by atoms with Crippen LogP contribution in [0, 0.1) is 12.3 Å². The Balaban J connectivity index is 2.21. The van der Waals surface area contributed by atoms with Gasteiger partial charge in [-0.1, -0.05) is 25.2 Å². The maximum Gasteiger partial charge on any atom is 0.228 e. The molecule has 1 fully saturated rings. The maximum atomic E-state index is 12.9. The number of methoxy groups -OCH3 is 3. The Morgan fingerprint density at radius 3 is 2.20 bits per heavy atom. The molecule has 5 heteroatoms. The molecule has 0 unspecified atom stereocenters. The van der Waals surface area contributed by atoms with Crippen molar-refractivity contribution >= 4 is 5.91 Å². The lowest BCUT2D eigenvalue weighted by atomic mass is 9.93. The van der Waals surface area contributed by atoms with E-state index in [1.54, 1.807) is 21.3 Å². The third-order valence-corrected chi connectivity index (χ3v) is 4.68. The molecule has 1 aromatic rings. The van der Waals surface area contributed by atoms with Crippen LogP contribution in [0.2, 0.25) is 0 Å². The first-order valence-electron chi connectivity index (χ1n) is 8.66. The van der Waals surface area contributed by atoms with Crippen molar-refractivity contribution in [2.75, 3.05) is 27.9 Å². The molecule has 5 nitrogen and oxygen atoms in total. The van der Waals surface area contributed by atoms with Crippen LogP contribution in [0.3, 0.4) is 0 Å². The van der Waals surface area contributed by atoms with E-state index in [2.05, 4.69) is 5.92 Å². The summed E-state index contributed by atoms with van der Waals surface area (Å²) in [7, 11) is 4.69. The molecule has 1 aliphatic rings. The summed E-state index contributed by atoms with van der Waals surface area (Å²) in [6, 6.07) is 3.88. The van der Waals surface area contributed by atoms with Crippen molar-refractivity contribution in [3.05, 3.63) is 17.7 Å². The summed E-state index contributed by atoms with van der Waals surface area (Å²) in [5.74, 6) is 4.29. The monoisotopic (exact) mass is 345 g/mol. The van der Waals surface area contributed by atoms with Crippen LogP contribution in [0.4, 0.5) is 0 Å². The van der Waals surface area contributed by atoms with Crippen molar-refractivity contribution in [2.45, 2.75) is 44.6 Å². The predicted molar refractivity (Wildman–Crippen MR) is 97.2 cm³/mol. The number of hydrogen-bond donors (Lipinski definition) is 0. The van der Waals surface area contributed by atoms with Crippen molar-refractivity contribution in [2.24, 2.45) is 0 Å². The Morgan fingerprint density at radius 2 is 1.72 bits per heavy atom. The van der Waals surface area contributed by atoms with Gasteiger partial charge in [0.2, 0.25) is 11.7 Å². The van der Waals surface area contributed by atoms with Crippen molar-refractivity contribution in [1.29, 1.82) is 0 Å². The fraction of sp³-hybridized carbons (Fsp3) is 0.550. The van der Waals surface area contributed by atoms with Gasteiger partial charge in [0.05, 0.1) is 34.3 Å². The molecule has 0 heterocycles. The first kappa shape index (κ1) is 19.0. The molecule has 0 N–H and O–H groups in total. The molecule has 1 aromatic carbocycles. The van der Waals surface area contributed by atoms with Gasteiger partial charge >= 0.3 is 0 Å². The summed E-state index contributed by atoms with van der Waals surface area (Å²) in [6.45, 7) is 0.355. The van der Waals surface area contributed by atoms with Crippen LogP contribution in [0.5, 0.6) is 17.2 Å². The Labute approximate surface area is 150 Å². The van der Waals surface area contributed by atoms with Crippen LogP contribution < -0.4 is 14.2 Å².